The van der Waals surface area contributed by atoms with E-state index in [2.05, 4.69) is 22.5 Å². The quantitative estimate of drug-likeness (QED) is 0.642. The van der Waals surface area contributed by atoms with Gasteiger partial charge in [-0.2, -0.15) is 0 Å². The van der Waals surface area contributed by atoms with Crippen LogP contribution in [-0.4, -0.2) is 17.4 Å². The average molecular weight is 201 g/mol. The third-order valence-corrected chi connectivity index (χ3v) is 2.90. The summed E-state index contributed by atoms with van der Waals surface area (Å²) in [5, 5.41) is 3.09. The first-order chi connectivity index (χ1) is 7.25. The molecule has 0 spiro atoms. The molecule has 0 saturated carbocycles. The minimum Gasteiger partial charge on any atom is -0.364 e. The molecular weight excluding hydrogens is 190 g/mol. The fourth-order valence-electron chi connectivity index (χ4n) is 2.10. The van der Waals surface area contributed by atoms with Crippen molar-refractivity contribution in [2.75, 3.05) is 6.54 Å². The number of fused-ring (bicyclic) bond motifs is 1. The number of hydrogen-bond donors (Lipinski definition) is 2. The lowest BCUT2D eigenvalue weighted by Crippen LogP contribution is -2.38. The summed E-state index contributed by atoms with van der Waals surface area (Å²) in [6, 6.07) is 0. The number of hydrogen-bond acceptors (Lipinski definition) is 3. The fraction of sp³-hybridized carbons (Fsp3) is 0.182. The van der Waals surface area contributed by atoms with Gasteiger partial charge in [-0.1, -0.05) is 0 Å². The van der Waals surface area contributed by atoms with Gasteiger partial charge in [0.2, 0.25) is 0 Å². The molecule has 0 aromatic heterocycles. The summed E-state index contributed by atoms with van der Waals surface area (Å²) in [6.07, 6.45) is 8.83. The monoisotopic (exact) mass is 201 g/mol. The minimum atomic E-state index is -0.418. The topological polar surface area (TPSA) is 58.4 Å². The van der Waals surface area contributed by atoms with Gasteiger partial charge in [0, 0.05) is 12.7 Å². The maximum absolute atomic E-state index is 11.0. The standard InChI is InChI=1S/C11H11N3O/c12-11(15)8-1-2-9-10(13-8)7-3-5-14(9)6-4-7/h1-3,5,13H,4,6H2,(H2,12,15). The van der Waals surface area contributed by atoms with Gasteiger partial charge in [0.15, 0.2) is 0 Å². The highest BCUT2D eigenvalue weighted by Gasteiger charge is 2.27. The molecule has 0 unspecified atom stereocenters. The summed E-state index contributed by atoms with van der Waals surface area (Å²) in [4.78, 5) is 13.2. The van der Waals surface area contributed by atoms with Gasteiger partial charge in [-0.05, 0) is 30.2 Å². The van der Waals surface area contributed by atoms with Gasteiger partial charge in [-0.25, -0.2) is 0 Å². The second-order valence-electron chi connectivity index (χ2n) is 3.78. The van der Waals surface area contributed by atoms with Crippen molar-refractivity contribution in [3.63, 3.8) is 0 Å². The molecule has 4 heterocycles. The Hall–Kier alpha value is -1.97. The van der Waals surface area contributed by atoms with Crippen molar-refractivity contribution < 1.29 is 4.79 Å². The van der Waals surface area contributed by atoms with Crippen LogP contribution in [0.15, 0.2) is 47.1 Å². The predicted molar refractivity (Wildman–Crippen MR) is 56.0 cm³/mol. The van der Waals surface area contributed by atoms with Crippen molar-refractivity contribution in [3.05, 3.63) is 47.1 Å². The minimum absolute atomic E-state index is 0.418. The Balaban J connectivity index is 2.08. The smallest absolute Gasteiger partial charge is 0.265 e. The number of nitrogens with one attached hydrogen (secondary N) is 1. The summed E-state index contributed by atoms with van der Waals surface area (Å²) in [5.41, 5.74) is 9.10. The Morgan fingerprint density at radius 3 is 3.00 bits per heavy atom. The first kappa shape index (κ1) is 8.35. The van der Waals surface area contributed by atoms with Crippen LogP contribution in [0.4, 0.5) is 0 Å². The van der Waals surface area contributed by atoms with Gasteiger partial charge in [0.1, 0.15) is 5.70 Å². The molecule has 0 aromatic carbocycles. The average Bonchev–Trinajstić information content (AvgIpc) is 2.30. The largest absolute Gasteiger partial charge is 0.364 e. The molecule has 0 atom stereocenters. The molecular formula is C11H11N3O. The number of carbonyl (C=O) groups excluding carboxylic acids is 1. The van der Waals surface area contributed by atoms with Gasteiger partial charge in [0.05, 0.1) is 11.4 Å². The van der Waals surface area contributed by atoms with Gasteiger partial charge in [-0.15, -0.1) is 0 Å². The third kappa shape index (κ3) is 1.11. The highest BCUT2D eigenvalue weighted by Crippen LogP contribution is 2.33. The molecule has 0 fully saturated rings. The van der Waals surface area contributed by atoms with Crippen LogP contribution < -0.4 is 11.1 Å². The zero-order chi connectivity index (χ0) is 10.4. The molecule has 4 aliphatic rings. The van der Waals surface area contributed by atoms with Crippen molar-refractivity contribution in [1.82, 2.24) is 10.2 Å². The van der Waals surface area contributed by atoms with Gasteiger partial charge < -0.3 is 16.0 Å². The summed E-state index contributed by atoms with van der Waals surface area (Å²) in [7, 11) is 0. The van der Waals surface area contributed by atoms with Crippen LogP contribution in [0.3, 0.4) is 0 Å². The van der Waals surface area contributed by atoms with Gasteiger partial charge >= 0.3 is 0 Å². The lowest BCUT2D eigenvalue weighted by atomic mass is 9.96. The lowest BCUT2D eigenvalue weighted by Gasteiger charge is -2.37. The molecule has 4 heteroatoms. The van der Waals surface area contributed by atoms with Crippen molar-refractivity contribution in [3.8, 4) is 0 Å². The molecule has 4 aliphatic heterocycles. The van der Waals surface area contributed by atoms with Crippen LogP contribution in [-0.2, 0) is 4.79 Å². The SMILES string of the molecule is NC(=O)C1=CC=C2C(=C3C=CN2CC3)N1. The van der Waals surface area contributed by atoms with Crippen LogP contribution in [0.25, 0.3) is 0 Å². The van der Waals surface area contributed by atoms with E-state index in [1.165, 1.54) is 5.57 Å². The van der Waals surface area contributed by atoms with E-state index in [4.69, 9.17) is 5.73 Å². The first-order valence-electron chi connectivity index (χ1n) is 4.93. The summed E-state index contributed by atoms with van der Waals surface area (Å²) in [6.45, 7) is 1.02. The maximum atomic E-state index is 11.0. The number of carbonyl (C=O) groups is 1. The van der Waals surface area contributed by atoms with E-state index < -0.39 is 5.91 Å². The summed E-state index contributed by atoms with van der Waals surface area (Å²) < 4.78 is 0. The third-order valence-electron chi connectivity index (χ3n) is 2.90. The molecule has 0 saturated heterocycles. The Morgan fingerprint density at radius 1 is 1.47 bits per heavy atom. The molecule has 3 N–H and O–H groups in total. The van der Waals surface area contributed by atoms with Crippen molar-refractivity contribution in [2.24, 2.45) is 5.73 Å². The summed E-state index contributed by atoms with van der Waals surface area (Å²) in [5.74, 6) is -0.418. The van der Waals surface area contributed by atoms with E-state index >= 15 is 0 Å². The first-order valence-corrected chi connectivity index (χ1v) is 4.93. The van der Waals surface area contributed by atoms with Crippen molar-refractivity contribution in [2.45, 2.75) is 6.42 Å². The van der Waals surface area contributed by atoms with E-state index in [0.29, 0.717) is 5.70 Å². The predicted octanol–water partition coefficient (Wildman–Crippen LogP) is 0.330. The number of nitrogens with two attached hydrogens (primary N) is 1. The Kier molecular flexibility index (Phi) is 1.54. The lowest BCUT2D eigenvalue weighted by molar-refractivity contribution is -0.114. The maximum Gasteiger partial charge on any atom is 0.265 e. The molecule has 76 valence electrons. The molecule has 4 rings (SSSR count). The Bertz CT molecular complexity index is 468. The van der Waals surface area contributed by atoms with E-state index in [0.717, 1.165) is 24.4 Å². The zero-order valence-corrected chi connectivity index (χ0v) is 8.16. The molecule has 0 aliphatic carbocycles. The number of dihydropyridines is 1. The van der Waals surface area contributed by atoms with E-state index in [1.54, 1.807) is 6.08 Å². The number of amides is 1. The Morgan fingerprint density at radius 2 is 2.33 bits per heavy atom. The van der Waals surface area contributed by atoms with Gasteiger partial charge in [0.25, 0.3) is 5.91 Å². The van der Waals surface area contributed by atoms with E-state index in [-0.39, 0.29) is 0 Å². The molecule has 0 aromatic rings. The Labute approximate surface area is 87.4 Å². The van der Waals surface area contributed by atoms with Crippen LogP contribution in [0.2, 0.25) is 0 Å². The number of allylic oxidation sites excluding steroid dienone is 3. The highest BCUT2D eigenvalue weighted by molar-refractivity contribution is 5.92. The van der Waals surface area contributed by atoms with Crippen LogP contribution in [0.1, 0.15) is 6.42 Å². The molecule has 4 nitrogen and oxygen atoms in total. The normalized spacial score (nSPS) is 22.0. The van der Waals surface area contributed by atoms with Crippen LogP contribution >= 0.6 is 0 Å². The molecule has 0 radical (unpaired) electrons. The van der Waals surface area contributed by atoms with Gasteiger partial charge in [-0.3, -0.25) is 4.79 Å². The van der Waals surface area contributed by atoms with E-state index in [9.17, 15) is 4.79 Å². The summed E-state index contributed by atoms with van der Waals surface area (Å²) >= 11 is 0. The highest BCUT2D eigenvalue weighted by atomic mass is 16.1. The number of rotatable bonds is 1. The fourth-order valence-corrected chi connectivity index (χ4v) is 2.10. The van der Waals surface area contributed by atoms with E-state index in [1.807, 2.05) is 6.08 Å². The number of nitrogens with zero attached hydrogens (tertiary/aromatic N) is 1. The van der Waals surface area contributed by atoms with Crippen molar-refractivity contribution in [1.29, 1.82) is 0 Å². The molecule has 1 amide bonds. The van der Waals surface area contributed by atoms with Crippen LogP contribution in [0.5, 0.6) is 0 Å². The number of primary amides is 1. The molecule has 2 bridgehead atoms. The molecule has 15 heavy (non-hydrogen) atoms. The zero-order valence-electron chi connectivity index (χ0n) is 8.16. The van der Waals surface area contributed by atoms with Crippen LogP contribution in [0, 0.1) is 0 Å². The van der Waals surface area contributed by atoms with Crippen molar-refractivity contribution >= 4 is 5.91 Å². The second-order valence-corrected chi connectivity index (χ2v) is 3.78. The second kappa shape index (κ2) is 2.76.